The maximum atomic E-state index is 6.07. The lowest BCUT2D eigenvalue weighted by atomic mass is 9.95. The summed E-state index contributed by atoms with van der Waals surface area (Å²) >= 11 is 6.07. The largest absolute Gasteiger partial charge is 0.339 e. The monoisotopic (exact) mass is 292 g/mol. The SMILES string of the molecule is Clc1cccnc1-c1noc(CCC2CCCNC2)n1. The van der Waals surface area contributed by atoms with Crippen LogP contribution in [0, 0.1) is 5.92 Å². The van der Waals surface area contributed by atoms with E-state index in [4.69, 9.17) is 16.1 Å². The molecule has 6 heteroatoms. The molecule has 106 valence electrons. The number of pyridine rings is 1. The van der Waals surface area contributed by atoms with Crippen molar-refractivity contribution in [3.8, 4) is 11.5 Å². The summed E-state index contributed by atoms with van der Waals surface area (Å²) in [5.74, 6) is 1.83. The van der Waals surface area contributed by atoms with Gasteiger partial charge in [0, 0.05) is 12.6 Å². The van der Waals surface area contributed by atoms with Crippen LogP contribution in [0.5, 0.6) is 0 Å². The van der Waals surface area contributed by atoms with Crippen molar-refractivity contribution in [1.29, 1.82) is 0 Å². The van der Waals surface area contributed by atoms with Crippen LogP contribution in [0.25, 0.3) is 11.5 Å². The summed E-state index contributed by atoms with van der Waals surface area (Å²) in [7, 11) is 0. The fourth-order valence-corrected chi connectivity index (χ4v) is 2.71. The van der Waals surface area contributed by atoms with Gasteiger partial charge in [0.15, 0.2) is 0 Å². The normalized spacial score (nSPS) is 19.1. The first kappa shape index (κ1) is 13.5. The second-order valence-electron chi connectivity index (χ2n) is 5.10. The van der Waals surface area contributed by atoms with E-state index in [0.29, 0.717) is 28.3 Å². The van der Waals surface area contributed by atoms with Gasteiger partial charge in [-0.25, -0.2) is 0 Å². The van der Waals surface area contributed by atoms with Gasteiger partial charge in [-0.2, -0.15) is 4.98 Å². The summed E-state index contributed by atoms with van der Waals surface area (Å²) < 4.78 is 5.28. The Morgan fingerprint density at radius 3 is 3.20 bits per heavy atom. The number of aromatic nitrogens is 3. The zero-order valence-electron chi connectivity index (χ0n) is 11.2. The number of rotatable bonds is 4. The van der Waals surface area contributed by atoms with Gasteiger partial charge in [0.25, 0.3) is 0 Å². The number of nitrogens with zero attached hydrogens (tertiary/aromatic N) is 3. The molecule has 0 radical (unpaired) electrons. The van der Waals surface area contributed by atoms with Crippen molar-refractivity contribution in [2.24, 2.45) is 5.92 Å². The van der Waals surface area contributed by atoms with Gasteiger partial charge in [-0.15, -0.1) is 0 Å². The van der Waals surface area contributed by atoms with Crippen molar-refractivity contribution < 1.29 is 4.52 Å². The van der Waals surface area contributed by atoms with E-state index in [1.807, 2.05) is 0 Å². The Hall–Kier alpha value is -1.46. The number of hydrogen-bond donors (Lipinski definition) is 1. The number of aryl methyl sites for hydroxylation is 1. The molecule has 1 fully saturated rings. The molecule has 2 aromatic rings. The molecule has 1 saturated heterocycles. The molecule has 20 heavy (non-hydrogen) atoms. The maximum Gasteiger partial charge on any atom is 0.227 e. The third-order valence-electron chi connectivity index (χ3n) is 3.60. The van der Waals surface area contributed by atoms with Crippen LogP contribution in [0.3, 0.4) is 0 Å². The number of nitrogens with one attached hydrogen (secondary N) is 1. The molecular weight excluding hydrogens is 276 g/mol. The molecule has 3 rings (SSSR count). The lowest BCUT2D eigenvalue weighted by molar-refractivity contribution is 0.327. The first-order chi connectivity index (χ1) is 9.83. The zero-order chi connectivity index (χ0) is 13.8. The average Bonchev–Trinajstić information content (AvgIpc) is 2.95. The van der Waals surface area contributed by atoms with E-state index in [1.165, 1.54) is 12.8 Å². The lowest BCUT2D eigenvalue weighted by Crippen LogP contribution is -2.29. The maximum absolute atomic E-state index is 6.07. The molecule has 5 nitrogen and oxygen atoms in total. The van der Waals surface area contributed by atoms with E-state index >= 15 is 0 Å². The van der Waals surface area contributed by atoms with Gasteiger partial charge in [0.05, 0.1) is 5.02 Å². The van der Waals surface area contributed by atoms with Crippen LogP contribution < -0.4 is 5.32 Å². The highest BCUT2D eigenvalue weighted by Gasteiger charge is 2.16. The predicted molar refractivity (Wildman–Crippen MR) is 76.5 cm³/mol. The quantitative estimate of drug-likeness (QED) is 0.939. The fraction of sp³-hybridized carbons (Fsp3) is 0.500. The van der Waals surface area contributed by atoms with Crippen molar-refractivity contribution >= 4 is 11.6 Å². The van der Waals surface area contributed by atoms with Crippen molar-refractivity contribution in [2.45, 2.75) is 25.7 Å². The fourth-order valence-electron chi connectivity index (χ4n) is 2.50. The summed E-state index contributed by atoms with van der Waals surface area (Å²) in [6.45, 7) is 2.23. The van der Waals surface area contributed by atoms with Crippen LogP contribution in [0.2, 0.25) is 5.02 Å². The van der Waals surface area contributed by atoms with Gasteiger partial charge in [0.1, 0.15) is 5.69 Å². The predicted octanol–water partition coefficient (Wildman–Crippen LogP) is 2.72. The van der Waals surface area contributed by atoms with E-state index in [-0.39, 0.29) is 0 Å². The van der Waals surface area contributed by atoms with Crippen molar-refractivity contribution in [3.63, 3.8) is 0 Å². The van der Waals surface area contributed by atoms with E-state index < -0.39 is 0 Å². The molecule has 0 aromatic carbocycles. The minimum atomic E-state index is 0.465. The smallest absolute Gasteiger partial charge is 0.227 e. The molecule has 3 heterocycles. The molecule has 1 unspecified atom stereocenters. The summed E-state index contributed by atoms with van der Waals surface area (Å²) in [4.78, 5) is 8.57. The van der Waals surface area contributed by atoms with Gasteiger partial charge < -0.3 is 9.84 Å². The molecule has 2 aromatic heterocycles. The summed E-state index contributed by atoms with van der Waals surface area (Å²) in [5, 5.41) is 7.92. The molecule has 1 aliphatic heterocycles. The summed E-state index contributed by atoms with van der Waals surface area (Å²) in [6.07, 6.45) is 6.09. The minimum absolute atomic E-state index is 0.465. The molecule has 0 saturated carbocycles. The summed E-state index contributed by atoms with van der Waals surface area (Å²) in [6, 6.07) is 3.55. The van der Waals surface area contributed by atoms with Gasteiger partial charge in [-0.05, 0) is 50.4 Å². The molecule has 0 amide bonds. The Balaban J connectivity index is 1.63. The van der Waals surface area contributed by atoms with Crippen molar-refractivity contribution in [1.82, 2.24) is 20.4 Å². The average molecular weight is 293 g/mol. The van der Waals surface area contributed by atoms with E-state index in [2.05, 4.69) is 20.4 Å². The van der Waals surface area contributed by atoms with Crippen LogP contribution in [0.4, 0.5) is 0 Å². The Kier molecular flexibility index (Phi) is 4.28. The van der Waals surface area contributed by atoms with Gasteiger partial charge in [-0.1, -0.05) is 16.8 Å². The number of hydrogen-bond acceptors (Lipinski definition) is 5. The zero-order valence-corrected chi connectivity index (χ0v) is 11.9. The van der Waals surface area contributed by atoms with Crippen LogP contribution >= 0.6 is 11.6 Å². The summed E-state index contributed by atoms with van der Waals surface area (Å²) in [5.41, 5.74) is 0.573. The highest BCUT2D eigenvalue weighted by atomic mass is 35.5. The van der Waals surface area contributed by atoms with Crippen molar-refractivity contribution in [2.75, 3.05) is 13.1 Å². The number of piperidine rings is 1. The third-order valence-corrected chi connectivity index (χ3v) is 3.91. The number of halogens is 1. The van der Waals surface area contributed by atoms with Crippen LogP contribution in [0.1, 0.15) is 25.2 Å². The Bertz CT molecular complexity index is 566. The standard InChI is InChI=1S/C14H17ClN4O/c15-11-4-2-8-17-13(11)14-18-12(20-19-14)6-5-10-3-1-7-16-9-10/h2,4,8,10,16H,1,3,5-7,9H2. The first-order valence-corrected chi connectivity index (χ1v) is 7.35. The van der Waals surface area contributed by atoms with Crippen molar-refractivity contribution in [3.05, 3.63) is 29.2 Å². The minimum Gasteiger partial charge on any atom is -0.339 e. The van der Waals surface area contributed by atoms with Crippen LogP contribution in [-0.4, -0.2) is 28.2 Å². The molecule has 1 atom stereocenters. The second kappa shape index (κ2) is 6.33. The third kappa shape index (κ3) is 3.16. The van der Waals surface area contributed by atoms with Gasteiger partial charge >= 0.3 is 0 Å². The van der Waals surface area contributed by atoms with E-state index in [9.17, 15) is 0 Å². The van der Waals surface area contributed by atoms with Crippen LogP contribution in [0.15, 0.2) is 22.9 Å². The highest BCUT2D eigenvalue weighted by Crippen LogP contribution is 2.23. The van der Waals surface area contributed by atoms with Gasteiger partial charge in [0.2, 0.25) is 11.7 Å². The topological polar surface area (TPSA) is 63.8 Å². The van der Waals surface area contributed by atoms with E-state index in [1.54, 1.807) is 18.3 Å². The lowest BCUT2D eigenvalue weighted by Gasteiger charge is -2.21. The second-order valence-corrected chi connectivity index (χ2v) is 5.50. The van der Waals surface area contributed by atoms with E-state index in [0.717, 1.165) is 25.9 Å². The Morgan fingerprint density at radius 2 is 2.40 bits per heavy atom. The Morgan fingerprint density at radius 1 is 1.45 bits per heavy atom. The van der Waals surface area contributed by atoms with Crippen LogP contribution in [-0.2, 0) is 6.42 Å². The highest BCUT2D eigenvalue weighted by molar-refractivity contribution is 6.32. The molecule has 1 N–H and O–H groups in total. The Labute approximate surface area is 122 Å². The molecule has 1 aliphatic rings. The molecule has 0 bridgehead atoms. The van der Waals surface area contributed by atoms with Gasteiger partial charge in [-0.3, -0.25) is 4.98 Å². The molecular formula is C14H17ClN4O. The molecule has 0 aliphatic carbocycles. The molecule has 0 spiro atoms. The first-order valence-electron chi connectivity index (χ1n) is 6.97.